The molecule has 1 saturated heterocycles. The van der Waals surface area contributed by atoms with Crippen LogP contribution in [0, 0.1) is 11.8 Å². The van der Waals surface area contributed by atoms with Gasteiger partial charge < -0.3 is 34.1 Å². The monoisotopic (exact) mass is 581 g/mol. The molecule has 2 atom stereocenters. The van der Waals surface area contributed by atoms with Gasteiger partial charge in [0.25, 0.3) is 5.91 Å². The molecule has 2 aromatic rings. The number of hydrogen-bond acceptors (Lipinski definition) is 7. The van der Waals surface area contributed by atoms with Crippen LogP contribution in [-0.4, -0.2) is 94.4 Å². The predicted molar refractivity (Wildman–Crippen MR) is 162 cm³/mol. The van der Waals surface area contributed by atoms with Crippen molar-refractivity contribution < 1.29 is 28.5 Å². The second-order valence-electron chi connectivity index (χ2n) is 11.6. The number of nitrogens with zero attached hydrogens (tertiary/aromatic N) is 2. The zero-order valence-electron chi connectivity index (χ0n) is 25.8. The molecule has 0 spiro atoms. The molecule has 1 N–H and O–H groups in total. The van der Waals surface area contributed by atoms with E-state index in [1.165, 1.54) is 0 Å². The van der Waals surface area contributed by atoms with Crippen molar-refractivity contribution in [2.75, 3.05) is 60.7 Å². The summed E-state index contributed by atoms with van der Waals surface area (Å²) in [4.78, 5) is 31.3. The van der Waals surface area contributed by atoms with Gasteiger partial charge in [-0.2, -0.15) is 0 Å². The Balaban J connectivity index is 1.42. The van der Waals surface area contributed by atoms with Gasteiger partial charge in [-0.3, -0.25) is 9.59 Å². The Bertz CT molecular complexity index is 1170. The summed E-state index contributed by atoms with van der Waals surface area (Å²) < 4.78 is 21.8. The summed E-state index contributed by atoms with van der Waals surface area (Å²) in [5.41, 5.74) is 1.56. The second kappa shape index (κ2) is 15.3. The summed E-state index contributed by atoms with van der Waals surface area (Å²) in [5, 5.41) is 3.53. The van der Waals surface area contributed by atoms with E-state index in [-0.39, 0.29) is 29.7 Å². The largest absolute Gasteiger partial charge is 0.497 e. The molecule has 1 aliphatic heterocycles. The summed E-state index contributed by atoms with van der Waals surface area (Å²) in [6.45, 7) is 8.17. The van der Waals surface area contributed by atoms with Gasteiger partial charge >= 0.3 is 0 Å². The maximum atomic E-state index is 13.8. The van der Waals surface area contributed by atoms with E-state index in [0.717, 1.165) is 43.7 Å². The molecule has 2 amide bonds. The first-order valence-electron chi connectivity index (χ1n) is 15.1. The second-order valence-corrected chi connectivity index (χ2v) is 11.6. The Morgan fingerprint density at radius 2 is 1.62 bits per heavy atom. The smallest absolute Gasteiger partial charge is 0.254 e. The summed E-state index contributed by atoms with van der Waals surface area (Å²) in [7, 11) is 4.90. The first-order valence-corrected chi connectivity index (χ1v) is 15.1. The summed E-state index contributed by atoms with van der Waals surface area (Å²) in [6, 6.07) is 13.4. The fourth-order valence-electron chi connectivity index (χ4n) is 5.58. The maximum absolute atomic E-state index is 13.8. The van der Waals surface area contributed by atoms with Crippen molar-refractivity contribution in [3.63, 3.8) is 0 Å². The van der Waals surface area contributed by atoms with Gasteiger partial charge in [0, 0.05) is 64.0 Å². The Kier molecular flexibility index (Phi) is 11.5. The van der Waals surface area contributed by atoms with Crippen molar-refractivity contribution >= 4 is 11.8 Å². The molecule has 2 aromatic carbocycles. The van der Waals surface area contributed by atoms with Crippen molar-refractivity contribution in [1.29, 1.82) is 0 Å². The SMILES string of the molecule is COCCCOc1cc(C(=O)N(C[C@@H]2CNC[C@H]2CN(C(=O)Cc2ccc(OC)cc2)C2CC2)C(C)C)ccc1OC. The summed E-state index contributed by atoms with van der Waals surface area (Å²) >= 11 is 0. The van der Waals surface area contributed by atoms with E-state index in [1.54, 1.807) is 39.5 Å². The summed E-state index contributed by atoms with van der Waals surface area (Å²) in [6.07, 6.45) is 3.24. The van der Waals surface area contributed by atoms with Gasteiger partial charge in [0.2, 0.25) is 5.91 Å². The lowest BCUT2D eigenvalue weighted by Gasteiger charge is -2.34. The normalized spacial score (nSPS) is 18.1. The van der Waals surface area contributed by atoms with Crippen LogP contribution in [0.25, 0.3) is 0 Å². The molecule has 9 nitrogen and oxygen atoms in total. The quantitative estimate of drug-likeness (QED) is 0.299. The van der Waals surface area contributed by atoms with E-state index >= 15 is 0 Å². The minimum atomic E-state index is -0.0327. The first-order chi connectivity index (χ1) is 20.3. The van der Waals surface area contributed by atoms with Crippen LogP contribution in [0.5, 0.6) is 17.2 Å². The average molecular weight is 582 g/mol. The lowest BCUT2D eigenvalue weighted by Crippen LogP contribution is -2.45. The molecule has 4 rings (SSSR count). The number of nitrogens with one attached hydrogen (secondary N) is 1. The van der Waals surface area contributed by atoms with Crippen LogP contribution in [-0.2, 0) is 16.0 Å². The molecule has 2 aliphatic rings. The fourth-order valence-corrected chi connectivity index (χ4v) is 5.58. The van der Waals surface area contributed by atoms with E-state index in [1.807, 2.05) is 29.2 Å². The topological polar surface area (TPSA) is 89.6 Å². The number of amides is 2. The molecule has 9 heteroatoms. The maximum Gasteiger partial charge on any atom is 0.254 e. The molecular weight excluding hydrogens is 534 g/mol. The highest BCUT2D eigenvalue weighted by atomic mass is 16.5. The van der Waals surface area contributed by atoms with E-state index in [9.17, 15) is 9.59 Å². The van der Waals surface area contributed by atoms with Crippen LogP contribution in [0.15, 0.2) is 42.5 Å². The molecule has 1 saturated carbocycles. The van der Waals surface area contributed by atoms with Gasteiger partial charge in [0.05, 0.1) is 27.2 Å². The first kappa shape index (κ1) is 31.6. The average Bonchev–Trinajstić information content (AvgIpc) is 3.74. The highest BCUT2D eigenvalue weighted by Crippen LogP contribution is 2.32. The lowest BCUT2D eigenvalue weighted by atomic mass is 9.93. The number of carbonyl (C=O) groups is 2. The Hall–Kier alpha value is -3.30. The van der Waals surface area contributed by atoms with E-state index in [4.69, 9.17) is 18.9 Å². The van der Waals surface area contributed by atoms with E-state index in [0.29, 0.717) is 55.8 Å². The van der Waals surface area contributed by atoms with E-state index < -0.39 is 0 Å². The number of ether oxygens (including phenoxy) is 4. The fraction of sp³-hybridized carbons (Fsp3) is 0.576. The summed E-state index contributed by atoms with van der Waals surface area (Å²) in [5.74, 6) is 2.59. The highest BCUT2D eigenvalue weighted by Gasteiger charge is 2.38. The molecule has 1 heterocycles. The third-order valence-electron chi connectivity index (χ3n) is 8.21. The third kappa shape index (κ3) is 8.38. The van der Waals surface area contributed by atoms with Crippen molar-refractivity contribution in [3.8, 4) is 17.2 Å². The molecule has 1 aliphatic carbocycles. The Morgan fingerprint density at radius 1 is 0.905 bits per heavy atom. The number of rotatable bonds is 16. The molecule has 42 heavy (non-hydrogen) atoms. The molecule has 0 unspecified atom stereocenters. The molecule has 230 valence electrons. The number of hydrogen-bond donors (Lipinski definition) is 1. The Labute approximate surface area is 250 Å². The van der Waals surface area contributed by atoms with Crippen LogP contribution < -0.4 is 19.5 Å². The van der Waals surface area contributed by atoms with Crippen molar-refractivity contribution in [1.82, 2.24) is 15.1 Å². The van der Waals surface area contributed by atoms with Gasteiger partial charge in [-0.15, -0.1) is 0 Å². The van der Waals surface area contributed by atoms with Crippen molar-refractivity contribution in [2.45, 2.75) is 51.6 Å². The lowest BCUT2D eigenvalue weighted by molar-refractivity contribution is -0.131. The van der Waals surface area contributed by atoms with Crippen molar-refractivity contribution in [3.05, 3.63) is 53.6 Å². The van der Waals surface area contributed by atoms with Crippen molar-refractivity contribution in [2.24, 2.45) is 11.8 Å². The zero-order chi connectivity index (χ0) is 30.1. The molecule has 0 radical (unpaired) electrons. The zero-order valence-corrected chi connectivity index (χ0v) is 25.8. The van der Waals surface area contributed by atoms with E-state index in [2.05, 4.69) is 24.1 Å². The standard InChI is InChI=1S/C33H47N3O6/c1-23(2)35(33(38)25-9-14-30(41-5)31(18-25)42-16-6-15-39-3)21-26-19-34-20-27(26)22-36(28-10-11-28)32(37)17-24-7-12-29(40-4)13-8-24/h7-9,12-14,18,23,26-28,34H,6,10-11,15-17,19-22H2,1-5H3/t26-,27-/m0/s1. The van der Waals surface area contributed by atoms with Gasteiger partial charge in [0.15, 0.2) is 11.5 Å². The highest BCUT2D eigenvalue weighted by molar-refractivity contribution is 5.95. The molecular formula is C33H47N3O6. The molecule has 0 aromatic heterocycles. The number of carbonyl (C=O) groups excluding carboxylic acids is 2. The number of benzene rings is 2. The van der Waals surface area contributed by atoms with Crippen LogP contribution in [0.3, 0.4) is 0 Å². The molecule has 0 bridgehead atoms. The van der Waals surface area contributed by atoms with Crippen LogP contribution in [0.2, 0.25) is 0 Å². The number of methoxy groups -OCH3 is 3. The van der Waals surface area contributed by atoms with Gasteiger partial charge in [-0.05, 0) is 74.4 Å². The minimum absolute atomic E-state index is 0.0168. The third-order valence-corrected chi connectivity index (χ3v) is 8.21. The minimum Gasteiger partial charge on any atom is -0.497 e. The van der Waals surface area contributed by atoms with Crippen LogP contribution in [0.1, 0.15) is 49.0 Å². The molecule has 2 fully saturated rings. The van der Waals surface area contributed by atoms with Crippen LogP contribution >= 0.6 is 0 Å². The Morgan fingerprint density at radius 3 is 2.24 bits per heavy atom. The predicted octanol–water partition coefficient (Wildman–Crippen LogP) is 4.04. The van der Waals surface area contributed by atoms with Gasteiger partial charge in [-0.1, -0.05) is 12.1 Å². The van der Waals surface area contributed by atoms with Gasteiger partial charge in [-0.25, -0.2) is 0 Å². The van der Waals surface area contributed by atoms with Gasteiger partial charge in [0.1, 0.15) is 5.75 Å². The van der Waals surface area contributed by atoms with Crippen LogP contribution in [0.4, 0.5) is 0 Å².